The second-order valence-electron chi connectivity index (χ2n) is 8.22. The van der Waals surface area contributed by atoms with Gasteiger partial charge in [0.2, 0.25) is 5.91 Å². The highest BCUT2D eigenvalue weighted by Crippen LogP contribution is 2.45. The molecule has 5 rings (SSSR count). The molecule has 0 N–H and O–H groups in total. The lowest BCUT2D eigenvalue weighted by Crippen LogP contribution is -2.38. The topological polar surface area (TPSA) is 36.4 Å². The minimum atomic E-state index is -0.0578. The second kappa shape index (κ2) is 7.36. The van der Waals surface area contributed by atoms with Crippen molar-refractivity contribution in [3.8, 4) is 0 Å². The maximum atomic E-state index is 12.9. The predicted octanol–water partition coefficient (Wildman–Crippen LogP) is 3.81. The fraction of sp³-hybridized carbons (Fsp3) is 0.280. The first kappa shape index (κ1) is 17.9. The van der Waals surface area contributed by atoms with Gasteiger partial charge in [-0.1, -0.05) is 60.7 Å². The first-order chi connectivity index (χ1) is 14.2. The number of anilines is 1. The lowest BCUT2D eigenvalue weighted by molar-refractivity contribution is -0.129. The SMILES string of the molecule is O=C(Cc1ccccc1)N1CCC2(C1)CN(Cc1ccccc1)c1cccnc12. The maximum Gasteiger partial charge on any atom is 0.227 e. The van der Waals surface area contributed by atoms with Crippen molar-refractivity contribution in [2.24, 2.45) is 0 Å². The summed E-state index contributed by atoms with van der Waals surface area (Å²) in [5.74, 6) is 0.215. The monoisotopic (exact) mass is 383 g/mol. The molecule has 1 aromatic heterocycles. The summed E-state index contributed by atoms with van der Waals surface area (Å²) < 4.78 is 0. The van der Waals surface area contributed by atoms with Gasteiger partial charge < -0.3 is 9.80 Å². The highest BCUT2D eigenvalue weighted by molar-refractivity contribution is 5.79. The van der Waals surface area contributed by atoms with Gasteiger partial charge in [0.25, 0.3) is 0 Å². The molecule has 1 saturated heterocycles. The average molecular weight is 383 g/mol. The van der Waals surface area contributed by atoms with Crippen LogP contribution >= 0.6 is 0 Å². The number of carbonyl (C=O) groups excluding carboxylic acids is 1. The Morgan fingerprint density at radius 1 is 0.897 bits per heavy atom. The first-order valence-corrected chi connectivity index (χ1v) is 10.3. The van der Waals surface area contributed by atoms with Crippen LogP contribution < -0.4 is 4.90 Å². The number of aromatic nitrogens is 1. The summed E-state index contributed by atoms with van der Waals surface area (Å²) in [5, 5.41) is 0. The van der Waals surface area contributed by atoms with Crippen LogP contribution in [0.15, 0.2) is 79.0 Å². The van der Waals surface area contributed by atoms with Gasteiger partial charge in [0.15, 0.2) is 0 Å². The second-order valence-corrected chi connectivity index (χ2v) is 8.22. The quantitative estimate of drug-likeness (QED) is 0.687. The van der Waals surface area contributed by atoms with E-state index in [1.165, 1.54) is 11.3 Å². The van der Waals surface area contributed by atoms with Gasteiger partial charge >= 0.3 is 0 Å². The van der Waals surface area contributed by atoms with E-state index in [9.17, 15) is 4.79 Å². The number of amides is 1. The summed E-state index contributed by atoms with van der Waals surface area (Å²) in [4.78, 5) is 22.2. The molecular formula is C25H25N3O. The minimum Gasteiger partial charge on any atom is -0.365 e. The molecule has 2 aliphatic heterocycles. The molecule has 1 spiro atoms. The Labute approximate surface area is 171 Å². The fourth-order valence-corrected chi connectivity index (χ4v) is 4.82. The smallest absolute Gasteiger partial charge is 0.227 e. The fourth-order valence-electron chi connectivity index (χ4n) is 4.82. The van der Waals surface area contributed by atoms with Crippen LogP contribution in [0.5, 0.6) is 0 Å². The molecule has 1 amide bonds. The van der Waals surface area contributed by atoms with Crippen LogP contribution in [-0.2, 0) is 23.2 Å². The first-order valence-electron chi connectivity index (χ1n) is 10.3. The van der Waals surface area contributed by atoms with Gasteiger partial charge in [-0.25, -0.2) is 0 Å². The van der Waals surface area contributed by atoms with Gasteiger partial charge in [-0.15, -0.1) is 0 Å². The highest BCUT2D eigenvalue weighted by atomic mass is 16.2. The van der Waals surface area contributed by atoms with Crippen molar-refractivity contribution in [2.45, 2.75) is 24.8 Å². The van der Waals surface area contributed by atoms with Crippen LogP contribution in [0.3, 0.4) is 0 Å². The Bertz CT molecular complexity index is 1000. The standard InChI is InChI=1S/C25H25N3O/c29-23(16-20-8-3-1-4-9-20)27-15-13-25(18-27)19-28(17-21-10-5-2-6-11-21)22-12-7-14-26-24(22)25/h1-12,14H,13,15-19H2. The Hall–Kier alpha value is -3.14. The maximum absolute atomic E-state index is 12.9. The Balaban J connectivity index is 1.36. The van der Waals surface area contributed by atoms with E-state index >= 15 is 0 Å². The van der Waals surface area contributed by atoms with Gasteiger partial charge in [0.1, 0.15) is 0 Å². The van der Waals surface area contributed by atoms with Gasteiger partial charge in [0, 0.05) is 32.4 Å². The number of hydrogen-bond acceptors (Lipinski definition) is 3. The summed E-state index contributed by atoms with van der Waals surface area (Å²) in [6.45, 7) is 3.36. The summed E-state index contributed by atoms with van der Waals surface area (Å²) in [5.41, 5.74) is 4.70. The summed E-state index contributed by atoms with van der Waals surface area (Å²) >= 11 is 0. The van der Waals surface area contributed by atoms with Gasteiger partial charge in [-0.05, 0) is 29.7 Å². The molecule has 29 heavy (non-hydrogen) atoms. The van der Waals surface area contributed by atoms with Gasteiger partial charge in [-0.3, -0.25) is 9.78 Å². The van der Waals surface area contributed by atoms with E-state index in [1.54, 1.807) is 0 Å². The van der Waals surface area contributed by atoms with E-state index in [0.717, 1.165) is 43.9 Å². The number of rotatable bonds is 4. The number of pyridine rings is 1. The minimum absolute atomic E-state index is 0.0578. The van der Waals surface area contributed by atoms with E-state index in [4.69, 9.17) is 4.98 Å². The number of fused-ring (bicyclic) bond motifs is 2. The summed E-state index contributed by atoms with van der Waals surface area (Å²) in [6.07, 6.45) is 3.34. The van der Waals surface area contributed by atoms with Crippen molar-refractivity contribution in [3.05, 3.63) is 95.8 Å². The van der Waals surface area contributed by atoms with E-state index < -0.39 is 0 Å². The zero-order chi connectivity index (χ0) is 19.7. The average Bonchev–Trinajstić information content (AvgIpc) is 3.32. The zero-order valence-electron chi connectivity index (χ0n) is 16.5. The Kier molecular flexibility index (Phi) is 4.55. The highest BCUT2D eigenvalue weighted by Gasteiger charge is 2.49. The van der Waals surface area contributed by atoms with Crippen molar-refractivity contribution < 1.29 is 4.79 Å². The van der Waals surface area contributed by atoms with Crippen molar-refractivity contribution in [2.75, 3.05) is 24.5 Å². The molecule has 4 nitrogen and oxygen atoms in total. The van der Waals surface area contributed by atoms with Gasteiger partial charge in [0.05, 0.1) is 23.2 Å². The molecule has 0 radical (unpaired) electrons. The third kappa shape index (κ3) is 3.39. The van der Waals surface area contributed by atoms with Crippen LogP contribution in [0, 0.1) is 0 Å². The molecule has 1 fully saturated rings. The predicted molar refractivity (Wildman–Crippen MR) is 115 cm³/mol. The number of likely N-dealkylation sites (tertiary alicyclic amines) is 1. The molecule has 3 aromatic rings. The third-order valence-corrected chi connectivity index (χ3v) is 6.24. The van der Waals surface area contributed by atoms with Gasteiger partial charge in [-0.2, -0.15) is 0 Å². The van der Waals surface area contributed by atoms with Crippen LogP contribution in [-0.4, -0.2) is 35.4 Å². The Morgan fingerprint density at radius 3 is 2.38 bits per heavy atom. The molecular weight excluding hydrogens is 358 g/mol. The molecule has 4 heteroatoms. The molecule has 0 bridgehead atoms. The molecule has 146 valence electrons. The lowest BCUT2D eigenvalue weighted by Gasteiger charge is -2.26. The number of hydrogen-bond donors (Lipinski definition) is 0. The van der Waals surface area contributed by atoms with E-state index in [0.29, 0.717) is 6.42 Å². The normalized spacial score (nSPS) is 20.3. The molecule has 1 atom stereocenters. The van der Waals surface area contributed by atoms with E-state index in [-0.39, 0.29) is 11.3 Å². The lowest BCUT2D eigenvalue weighted by atomic mass is 9.85. The van der Waals surface area contributed by atoms with E-state index in [2.05, 4.69) is 41.3 Å². The molecule has 2 aromatic carbocycles. The molecule has 2 aliphatic rings. The zero-order valence-corrected chi connectivity index (χ0v) is 16.5. The van der Waals surface area contributed by atoms with Crippen LogP contribution in [0.4, 0.5) is 5.69 Å². The van der Waals surface area contributed by atoms with Crippen LogP contribution in [0.2, 0.25) is 0 Å². The molecule has 1 unspecified atom stereocenters. The molecule has 0 saturated carbocycles. The van der Waals surface area contributed by atoms with Crippen LogP contribution in [0.25, 0.3) is 0 Å². The van der Waals surface area contributed by atoms with Crippen molar-refractivity contribution in [1.82, 2.24) is 9.88 Å². The van der Waals surface area contributed by atoms with Crippen molar-refractivity contribution in [3.63, 3.8) is 0 Å². The Morgan fingerprint density at radius 2 is 1.62 bits per heavy atom. The number of carbonyl (C=O) groups is 1. The largest absolute Gasteiger partial charge is 0.365 e. The number of benzene rings is 2. The van der Waals surface area contributed by atoms with Crippen LogP contribution in [0.1, 0.15) is 23.2 Å². The third-order valence-electron chi connectivity index (χ3n) is 6.24. The molecule has 0 aliphatic carbocycles. The van der Waals surface area contributed by atoms with Crippen molar-refractivity contribution >= 4 is 11.6 Å². The van der Waals surface area contributed by atoms with E-state index in [1.807, 2.05) is 47.5 Å². The summed E-state index contributed by atoms with van der Waals surface area (Å²) in [7, 11) is 0. The van der Waals surface area contributed by atoms with Crippen molar-refractivity contribution in [1.29, 1.82) is 0 Å². The summed E-state index contributed by atoms with van der Waals surface area (Å²) in [6, 6.07) is 24.8. The number of nitrogens with zero attached hydrogens (tertiary/aromatic N) is 3. The molecule has 3 heterocycles.